The molecule has 3 aromatic rings. The van der Waals surface area contributed by atoms with Crippen LogP contribution in [0.5, 0.6) is 0 Å². The van der Waals surface area contributed by atoms with E-state index in [0.717, 1.165) is 22.3 Å². The molecule has 182 valence electrons. The number of rotatable bonds is 9. The van der Waals surface area contributed by atoms with Gasteiger partial charge in [-0.15, -0.1) is 11.3 Å². The summed E-state index contributed by atoms with van der Waals surface area (Å²) in [4.78, 5) is 40.1. The summed E-state index contributed by atoms with van der Waals surface area (Å²) in [6, 6.07) is 16.2. The number of benzene rings is 2. The molecule has 1 heterocycles. The van der Waals surface area contributed by atoms with Gasteiger partial charge in [-0.3, -0.25) is 9.59 Å². The van der Waals surface area contributed by atoms with Crippen LogP contribution < -0.4 is 10.6 Å². The lowest BCUT2D eigenvalue weighted by atomic mass is 9.92. The van der Waals surface area contributed by atoms with Crippen LogP contribution in [0.25, 0.3) is 11.1 Å². The van der Waals surface area contributed by atoms with Gasteiger partial charge in [0.15, 0.2) is 0 Å². The van der Waals surface area contributed by atoms with Crippen LogP contribution in [-0.2, 0) is 27.3 Å². The van der Waals surface area contributed by atoms with Gasteiger partial charge in [-0.1, -0.05) is 48.5 Å². The highest BCUT2D eigenvalue weighted by Crippen LogP contribution is 2.44. The molecule has 0 atom stereocenters. The summed E-state index contributed by atoms with van der Waals surface area (Å²) in [6.45, 7) is 3.94. The number of thiazole rings is 1. The van der Waals surface area contributed by atoms with Gasteiger partial charge in [-0.25, -0.2) is 9.78 Å². The van der Waals surface area contributed by atoms with Crippen molar-refractivity contribution in [1.82, 2.24) is 15.6 Å². The number of nitrogens with one attached hydrogen (secondary N) is 2. The largest absolute Gasteiger partial charge is 0.481 e. The lowest BCUT2D eigenvalue weighted by Gasteiger charge is -2.24. The van der Waals surface area contributed by atoms with Gasteiger partial charge in [0, 0.05) is 17.8 Å². The fraction of sp³-hybridized carbons (Fsp3) is 0.308. The molecule has 3 N–H and O–H groups in total. The van der Waals surface area contributed by atoms with Crippen molar-refractivity contribution >= 4 is 29.3 Å². The van der Waals surface area contributed by atoms with Crippen molar-refractivity contribution in [1.29, 1.82) is 0 Å². The number of aromatic nitrogens is 1. The zero-order chi connectivity index (χ0) is 25.0. The predicted molar refractivity (Wildman–Crippen MR) is 132 cm³/mol. The van der Waals surface area contributed by atoms with Crippen molar-refractivity contribution in [3.05, 3.63) is 75.7 Å². The quantitative estimate of drug-likeness (QED) is 0.415. The first-order chi connectivity index (χ1) is 16.7. The van der Waals surface area contributed by atoms with Crippen molar-refractivity contribution in [3.8, 4) is 11.1 Å². The lowest BCUT2D eigenvalue weighted by molar-refractivity contribution is -0.136. The summed E-state index contributed by atoms with van der Waals surface area (Å²) in [5, 5.41) is 16.6. The molecule has 0 spiro atoms. The van der Waals surface area contributed by atoms with Crippen LogP contribution in [0.3, 0.4) is 0 Å². The second-order valence-electron chi connectivity index (χ2n) is 9.05. The van der Waals surface area contributed by atoms with Crippen molar-refractivity contribution in [3.63, 3.8) is 0 Å². The Balaban J connectivity index is 1.27. The molecule has 1 aromatic heterocycles. The maximum atomic E-state index is 12.7. The Morgan fingerprint density at radius 3 is 2.29 bits per heavy atom. The molecule has 0 fully saturated rings. The molecule has 8 nitrogen and oxygen atoms in total. The summed E-state index contributed by atoms with van der Waals surface area (Å²) < 4.78 is 5.54. The van der Waals surface area contributed by atoms with Gasteiger partial charge in [0.25, 0.3) is 0 Å². The van der Waals surface area contributed by atoms with Gasteiger partial charge < -0.3 is 20.5 Å². The van der Waals surface area contributed by atoms with Crippen LogP contribution in [0.1, 0.15) is 41.6 Å². The number of nitrogens with zero attached hydrogens (tertiary/aromatic N) is 1. The number of hydrogen-bond acceptors (Lipinski definition) is 6. The zero-order valence-electron chi connectivity index (χ0n) is 19.5. The number of amides is 2. The van der Waals surface area contributed by atoms with Gasteiger partial charge in [-0.05, 0) is 36.1 Å². The molecule has 0 unspecified atom stereocenters. The molecule has 4 rings (SSSR count). The SMILES string of the molecule is CC(C)(CNC(=O)OCC1c2ccccc2-c2ccccc21)C(=O)NCc1nc(CC(=O)O)cs1. The molecule has 1 aliphatic carbocycles. The third-order valence-electron chi connectivity index (χ3n) is 5.96. The molecule has 1 aliphatic rings. The Hall–Kier alpha value is -3.72. The van der Waals surface area contributed by atoms with Crippen molar-refractivity contribution in [2.45, 2.75) is 32.7 Å². The Morgan fingerprint density at radius 1 is 1.03 bits per heavy atom. The number of carbonyl (C=O) groups is 3. The number of carboxylic acid groups (broad SMARTS) is 1. The highest BCUT2D eigenvalue weighted by Gasteiger charge is 2.31. The van der Waals surface area contributed by atoms with Crippen LogP contribution in [-0.4, -0.2) is 41.2 Å². The molecule has 0 aliphatic heterocycles. The van der Waals surface area contributed by atoms with E-state index in [-0.39, 0.29) is 37.9 Å². The van der Waals surface area contributed by atoms with Gasteiger partial charge >= 0.3 is 12.1 Å². The summed E-state index contributed by atoms with van der Waals surface area (Å²) in [5.74, 6) is -1.24. The zero-order valence-corrected chi connectivity index (χ0v) is 20.4. The maximum absolute atomic E-state index is 12.7. The monoisotopic (exact) mass is 493 g/mol. The van der Waals surface area contributed by atoms with E-state index in [1.165, 1.54) is 11.3 Å². The summed E-state index contributed by atoms with van der Waals surface area (Å²) in [7, 11) is 0. The number of hydrogen-bond donors (Lipinski definition) is 3. The van der Waals surface area contributed by atoms with Crippen molar-refractivity contribution in [2.75, 3.05) is 13.2 Å². The normalized spacial score (nSPS) is 12.5. The molecule has 2 amide bonds. The fourth-order valence-corrected chi connectivity index (χ4v) is 4.82. The number of aliphatic carboxylic acids is 1. The highest BCUT2D eigenvalue weighted by atomic mass is 32.1. The number of ether oxygens (including phenoxy) is 1. The van der Waals surface area contributed by atoms with E-state index < -0.39 is 17.5 Å². The fourth-order valence-electron chi connectivity index (χ4n) is 4.08. The smallest absolute Gasteiger partial charge is 0.407 e. The summed E-state index contributed by atoms with van der Waals surface area (Å²) in [5.41, 5.74) is 4.16. The third-order valence-corrected chi connectivity index (χ3v) is 6.86. The van der Waals surface area contributed by atoms with Crippen molar-refractivity contribution in [2.24, 2.45) is 5.41 Å². The van der Waals surface area contributed by atoms with Gasteiger partial charge in [-0.2, -0.15) is 0 Å². The Morgan fingerprint density at radius 2 is 1.66 bits per heavy atom. The topological polar surface area (TPSA) is 118 Å². The van der Waals surface area contributed by atoms with E-state index in [9.17, 15) is 14.4 Å². The minimum Gasteiger partial charge on any atom is -0.481 e. The molecule has 0 saturated carbocycles. The Kier molecular flexibility index (Phi) is 7.16. The van der Waals surface area contributed by atoms with Crippen molar-refractivity contribution < 1.29 is 24.2 Å². The van der Waals surface area contributed by atoms with Crippen LogP contribution >= 0.6 is 11.3 Å². The first-order valence-corrected chi connectivity index (χ1v) is 12.1. The summed E-state index contributed by atoms with van der Waals surface area (Å²) >= 11 is 1.29. The maximum Gasteiger partial charge on any atom is 0.407 e. The minimum absolute atomic E-state index is 0.0335. The van der Waals surface area contributed by atoms with Gasteiger partial charge in [0.2, 0.25) is 5.91 Å². The second kappa shape index (κ2) is 10.3. The Labute approximate surface area is 207 Å². The van der Waals surface area contributed by atoms with E-state index >= 15 is 0 Å². The first kappa shape index (κ1) is 24.4. The van der Waals surface area contributed by atoms with Crippen LogP contribution in [0.4, 0.5) is 4.79 Å². The molecule has 9 heteroatoms. The highest BCUT2D eigenvalue weighted by molar-refractivity contribution is 7.09. The number of carboxylic acids is 1. The number of carbonyl (C=O) groups excluding carboxylic acids is 2. The predicted octanol–water partition coefficient (Wildman–Crippen LogP) is 3.95. The molecule has 0 radical (unpaired) electrons. The lowest BCUT2D eigenvalue weighted by Crippen LogP contribution is -2.44. The van der Waals surface area contributed by atoms with E-state index in [4.69, 9.17) is 9.84 Å². The first-order valence-electron chi connectivity index (χ1n) is 11.3. The van der Waals surface area contributed by atoms with Crippen LogP contribution in [0, 0.1) is 5.41 Å². The molecular weight excluding hydrogens is 466 g/mol. The Bertz CT molecular complexity index is 1210. The minimum atomic E-state index is -0.952. The standard InChI is InChI=1S/C26H27N3O5S/c1-26(2,24(32)27-12-22-29-16(14-35-22)11-23(30)31)15-28-25(33)34-13-21-19-9-5-3-7-17(19)18-8-4-6-10-20(18)21/h3-10,14,21H,11-13,15H2,1-2H3,(H,27,32)(H,28,33)(H,30,31). The van der Waals surface area contributed by atoms with Gasteiger partial charge in [0.1, 0.15) is 11.6 Å². The molecule has 0 saturated heterocycles. The average Bonchev–Trinajstić information content (AvgIpc) is 3.41. The second-order valence-corrected chi connectivity index (χ2v) is 9.99. The van der Waals surface area contributed by atoms with Crippen LogP contribution in [0.2, 0.25) is 0 Å². The van der Waals surface area contributed by atoms with E-state index in [0.29, 0.717) is 10.7 Å². The number of alkyl carbamates (subject to hydrolysis) is 1. The van der Waals surface area contributed by atoms with Gasteiger partial charge in [0.05, 0.1) is 24.1 Å². The average molecular weight is 494 g/mol. The van der Waals surface area contributed by atoms with Crippen LogP contribution in [0.15, 0.2) is 53.9 Å². The molecule has 2 aromatic carbocycles. The van der Waals surface area contributed by atoms with E-state index in [1.807, 2.05) is 24.3 Å². The third kappa shape index (κ3) is 5.68. The van der Waals surface area contributed by atoms with E-state index in [1.54, 1.807) is 19.2 Å². The molecular formula is C26H27N3O5S. The molecule has 35 heavy (non-hydrogen) atoms. The molecule has 0 bridgehead atoms. The summed E-state index contributed by atoms with van der Waals surface area (Å²) in [6.07, 6.45) is -0.731. The number of fused-ring (bicyclic) bond motifs is 3. The van der Waals surface area contributed by atoms with E-state index in [2.05, 4.69) is 39.9 Å².